The van der Waals surface area contributed by atoms with Crippen LogP contribution in [-0.4, -0.2) is 28.1 Å². The second-order valence-corrected chi connectivity index (χ2v) is 6.00. The van der Waals surface area contributed by atoms with Crippen LogP contribution in [0.4, 0.5) is 5.69 Å². The molecule has 3 N–H and O–H groups in total. The maximum absolute atomic E-state index is 11.9. The number of methoxy groups -OCH3 is 1. The monoisotopic (exact) mass is 382 g/mol. The lowest BCUT2D eigenvalue weighted by Gasteiger charge is -2.16. The molecule has 1 aromatic heterocycles. The molecule has 2 aromatic rings. The van der Waals surface area contributed by atoms with Gasteiger partial charge in [0.05, 0.1) is 17.6 Å². The smallest absolute Gasteiger partial charge is 0.338 e. The van der Waals surface area contributed by atoms with E-state index in [0.717, 1.165) is 0 Å². The first-order valence-corrected chi connectivity index (χ1v) is 8.33. The number of nitrogens with zero attached hydrogens (tertiary/aromatic N) is 2. The molecule has 0 amide bonds. The number of hydrogen-bond donors (Lipinski definition) is 3. The standard InChI is InChI=1S/C19H18N4O5/c1-11(21-12-7-9-20-10-8-12)15-13-5-3-4-6-14(13)16(19(24)25)22-18(28-2)17(15)23(26)27/h3-10,16,22H,1-2H3,(H,20,21)(H,24,25)/t16-/m0/s1. The molecule has 0 fully saturated rings. The molecule has 28 heavy (non-hydrogen) atoms. The molecule has 1 aliphatic heterocycles. The molecule has 0 saturated carbocycles. The average Bonchev–Trinajstić information content (AvgIpc) is 2.83. The van der Waals surface area contributed by atoms with Crippen molar-refractivity contribution in [1.82, 2.24) is 10.3 Å². The summed E-state index contributed by atoms with van der Waals surface area (Å²) in [5.41, 5.74) is 1.87. The van der Waals surface area contributed by atoms with Gasteiger partial charge in [-0.25, -0.2) is 4.79 Å². The summed E-state index contributed by atoms with van der Waals surface area (Å²) in [6.07, 6.45) is 3.18. The minimum Gasteiger partial charge on any atom is -0.479 e. The highest BCUT2D eigenvalue weighted by molar-refractivity contribution is 5.88. The van der Waals surface area contributed by atoms with E-state index in [1.54, 1.807) is 55.7 Å². The summed E-state index contributed by atoms with van der Waals surface area (Å²) in [7, 11) is 1.25. The van der Waals surface area contributed by atoms with Gasteiger partial charge in [-0.2, -0.15) is 0 Å². The molecular formula is C19H18N4O5. The van der Waals surface area contributed by atoms with Gasteiger partial charge in [-0.3, -0.25) is 15.1 Å². The Balaban J connectivity index is 2.30. The third-order valence-electron chi connectivity index (χ3n) is 4.29. The van der Waals surface area contributed by atoms with Crippen molar-refractivity contribution < 1.29 is 19.6 Å². The largest absolute Gasteiger partial charge is 0.479 e. The lowest BCUT2D eigenvalue weighted by Crippen LogP contribution is -2.29. The first-order chi connectivity index (χ1) is 13.4. The van der Waals surface area contributed by atoms with E-state index in [1.807, 2.05) is 0 Å². The van der Waals surface area contributed by atoms with Crippen LogP contribution in [0.1, 0.15) is 24.1 Å². The Labute approximate surface area is 160 Å². The predicted molar refractivity (Wildman–Crippen MR) is 101 cm³/mol. The van der Waals surface area contributed by atoms with Crippen LogP contribution >= 0.6 is 0 Å². The molecule has 1 aromatic carbocycles. The Bertz CT molecular complexity index is 985. The number of carboxylic acid groups (broad SMARTS) is 1. The summed E-state index contributed by atoms with van der Waals surface area (Å²) in [4.78, 5) is 27.1. The normalized spacial score (nSPS) is 17.7. The van der Waals surface area contributed by atoms with Crippen LogP contribution in [0.5, 0.6) is 0 Å². The fraction of sp³-hybridized carbons (Fsp3) is 0.158. The summed E-state index contributed by atoms with van der Waals surface area (Å²) >= 11 is 0. The van der Waals surface area contributed by atoms with Gasteiger partial charge >= 0.3 is 11.7 Å². The molecule has 0 unspecified atom stereocenters. The third-order valence-corrected chi connectivity index (χ3v) is 4.29. The van der Waals surface area contributed by atoms with Crippen molar-refractivity contribution in [3.8, 4) is 0 Å². The van der Waals surface area contributed by atoms with E-state index < -0.39 is 16.9 Å². The van der Waals surface area contributed by atoms with Crippen LogP contribution < -0.4 is 10.6 Å². The van der Waals surface area contributed by atoms with E-state index >= 15 is 0 Å². The fourth-order valence-corrected chi connectivity index (χ4v) is 3.11. The minimum absolute atomic E-state index is 0.223. The van der Waals surface area contributed by atoms with E-state index in [1.165, 1.54) is 7.11 Å². The van der Waals surface area contributed by atoms with Crippen molar-refractivity contribution in [2.75, 3.05) is 12.4 Å². The van der Waals surface area contributed by atoms with Gasteiger partial charge in [-0.15, -0.1) is 0 Å². The van der Waals surface area contributed by atoms with E-state index in [0.29, 0.717) is 22.5 Å². The van der Waals surface area contributed by atoms with Crippen LogP contribution in [0, 0.1) is 10.1 Å². The number of aromatic nitrogens is 1. The number of pyridine rings is 1. The summed E-state index contributed by atoms with van der Waals surface area (Å²) in [6, 6.07) is 8.90. The molecule has 0 aliphatic carbocycles. The summed E-state index contributed by atoms with van der Waals surface area (Å²) in [5.74, 6) is -1.40. The summed E-state index contributed by atoms with van der Waals surface area (Å²) in [5, 5.41) is 27.4. The topological polar surface area (TPSA) is 127 Å². The number of nitro groups is 1. The molecule has 0 radical (unpaired) electrons. The molecule has 3 rings (SSSR count). The molecule has 0 saturated heterocycles. The number of fused-ring (bicyclic) bond motifs is 1. The third kappa shape index (κ3) is 3.50. The van der Waals surface area contributed by atoms with Gasteiger partial charge in [0.25, 0.3) is 5.88 Å². The Morgan fingerprint density at radius 3 is 2.57 bits per heavy atom. The van der Waals surface area contributed by atoms with Crippen molar-refractivity contribution in [3.63, 3.8) is 0 Å². The molecule has 9 heteroatoms. The Morgan fingerprint density at radius 2 is 1.96 bits per heavy atom. The summed E-state index contributed by atoms with van der Waals surface area (Å²) in [6.45, 7) is 1.68. The quantitative estimate of drug-likeness (QED) is 0.532. The molecule has 1 aliphatic rings. The highest BCUT2D eigenvalue weighted by Gasteiger charge is 2.38. The van der Waals surface area contributed by atoms with Crippen LogP contribution in [-0.2, 0) is 9.53 Å². The lowest BCUT2D eigenvalue weighted by molar-refractivity contribution is -0.420. The van der Waals surface area contributed by atoms with E-state index in [-0.39, 0.29) is 17.2 Å². The zero-order valence-electron chi connectivity index (χ0n) is 15.2. The molecule has 1 atom stereocenters. The number of benzene rings is 1. The number of rotatable bonds is 5. The SMILES string of the molecule is COC1=C([N+](=O)[O-])C(=C(C)Nc2ccncc2)c2ccccc2[C@@H](C(=O)O)N1. The molecule has 144 valence electrons. The summed E-state index contributed by atoms with van der Waals surface area (Å²) < 4.78 is 5.18. The van der Waals surface area contributed by atoms with Crippen LogP contribution in [0.25, 0.3) is 5.57 Å². The molecular weight excluding hydrogens is 364 g/mol. The highest BCUT2D eigenvalue weighted by atomic mass is 16.6. The number of hydrogen-bond acceptors (Lipinski definition) is 7. The molecule has 0 spiro atoms. The van der Waals surface area contributed by atoms with Crippen LogP contribution in [0.3, 0.4) is 0 Å². The van der Waals surface area contributed by atoms with Gasteiger partial charge < -0.3 is 20.5 Å². The van der Waals surface area contributed by atoms with Crippen molar-refractivity contribution in [2.45, 2.75) is 13.0 Å². The Morgan fingerprint density at radius 1 is 1.29 bits per heavy atom. The minimum atomic E-state index is -1.20. The maximum atomic E-state index is 11.9. The lowest BCUT2D eigenvalue weighted by atomic mass is 9.93. The zero-order valence-corrected chi connectivity index (χ0v) is 15.2. The second kappa shape index (κ2) is 7.78. The number of ether oxygens (including phenoxy) is 1. The second-order valence-electron chi connectivity index (χ2n) is 6.00. The molecule has 9 nitrogen and oxygen atoms in total. The van der Waals surface area contributed by atoms with E-state index in [9.17, 15) is 20.0 Å². The number of nitrogens with one attached hydrogen (secondary N) is 2. The number of carboxylic acids is 1. The van der Waals surface area contributed by atoms with Crippen molar-refractivity contribution >= 4 is 17.2 Å². The van der Waals surface area contributed by atoms with Crippen LogP contribution in [0.2, 0.25) is 0 Å². The number of anilines is 1. The molecule has 2 heterocycles. The zero-order chi connectivity index (χ0) is 20.3. The van der Waals surface area contributed by atoms with Gasteiger partial charge in [0.1, 0.15) is 0 Å². The van der Waals surface area contributed by atoms with Gasteiger partial charge in [-0.1, -0.05) is 24.3 Å². The highest BCUT2D eigenvalue weighted by Crippen LogP contribution is 2.37. The van der Waals surface area contributed by atoms with Gasteiger partial charge in [0.15, 0.2) is 6.04 Å². The van der Waals surface area contributed by atoms with E-state index in [2.05, 4.69) is 15.6 Å². The number of allylic oxidation sites excluding steroid dienone is 2. The average molecular weight is 382 g/mol. The Kier molecular flexibility index (Phi) is 5.25. The number of aliphatic carboxylic acids is 1. The maximum Gasteiger partial charge on any atom is 0.338 e. The Hall–Kier alpha value is -3.88. The van der Waals surface area contributed by atoms with Crippen LogP contribution in [0.15, 0.2) is 66.1 Å². The van der Waals surface area contributed by atoms with Gasteiger partial charge in [0, 0.05) is 23.8 Å². The van der Waals surface area contributed by atoms with Crippen molar-refractivity contribution in [1.29, 1.82) is 0 Å². The van der Waals surface area contributed by atoms with Crippen molar-refractivity contribution in [3.05, 3.63) is 87.3 Å². The predicted octanol–water partition coefficient (Wildman–Crippen LogP) is 2.75. The van der Waals surface area contributed by atoms with Crippen molar-refractivity contribution in [2.24, 2.45) is 0 Å². The van der Waals surface area contributed by atoms with Gasteiger partial charge in [-0.05, 0) is 30.2 Å². The number of carbonyl (C=O) groups is 1. The fourth-order valence-electron chi connectivity index (χ4n) is 3.11. The van der Waals surface area contributed by atoms with E-state index in [4.69, 9.17) is 4.74 Å². The van der Waals surface area contributed by atoms with Gasteiger partial charge in [0.2, 0.25) is 0 Å². The molecule has 0 bridgehead atoms. The first kappa shape index (κ1) is 18.9. The first-order valence-electron chi connectivity index (χ1n) is 8.33.